The molecule has 0 saturated carbocycles. The molecule has 4 heterocycles. The van der Waals surface area contributed by atoms with Gasteiger partial charge in [0, 0.05) is 31.9 Å². The number of hydrogen-bond donors (Lipinski definition) is 2. The first-order valence-corrected chi connectivity index (χ1v) is 11.5. The maximum Gasteiger partial charge on any atom is 0.125 e. The third-order valence-corrected chi connectivity index (χ3v) is 7.26. The molecule has 1 aromatic rings. The van der Waals surface area contributed by atoms with Crippen LogP contribution in [0.1, 0.15) is 12.5 Å². The third-order valence-electron chi connectivity index (χ3n) is 6.01. The van der Waals surface area contributed by atoms with Crippen LogP contribution >= 0.6 is 11.8 Å². The summed E-state index contributed by atoms with van der Waals surface area (Å²) in [5, 5.41) is 7.43. The van der Waals surface area contributed by atoms with Gasteiger partial charge in [0.05, 0.1) is 24.0 Å². The lowest BCUT2D eigenvalue weighted by molar-refractivity contribution is 0.0784. The molecule has 0 bridgehead atoms. The van der Waals surface area contributed by atoms with Gasteiger partial charge in [-0.05, 0) is 41.3 Å². The fourth-order valence-corrected chi connectivity index (χ4v) is 5.78. The van der Waals surface area contributed by atoms with Gasteiger partial charge in [-0.15, -0.1) is 11.8 Å². The van der Waals surface area contributed by atoms with E-state index in [-0.39, 0.29) is 10.8 Å². The number of hydrogen-bond acceptors (Lipinski definition) is 6. The van der Waals surface area contributed by atoms with Crippen molar-refractivity contribution in [3.05, 3.63) is 82.7 Å². The first kappa shape index (κ1) is 19.7. The highest BCUT2D eigenvalue weighted by atomic mass is 32.2. The van der Waals surface area contributed by atoms with E-state index in [0.717, 1.165) is 25.5 Å². The van der Waals surface area contributed by atoms with Crippen molar-refractivity contribution in [2.24, 2.45) is 10.4 Å². The van der Waals surface area contributed by atoms with E-state index in [1.165, 1.54) is 16.0 Å². The highest BCUT2D eigenvalue weighted by Gasteiger charge is 2.45. The Labute approximate surface area is 182 Å². The number of nitrogens with zero attached hydrogens (tertiary/aromatic N) is 2. The molecule has 1 fully saturated rings. The topological polar surface area (TPSA) is 48.9 Å². The summed E-state index contributed by atoms with van der Waals surface area (Å²) < 4.78 is 5.99. The lowest BCUT2D eigenvalue weighted by Crippen LogP contribution is -2.52. The Balaban J connectivity index is 1.28. The number of nitrogens with one attached hydrogen (secondary N) is 2. The van der Waals surface area contributed by atoms with E-state index in [1.54, 1.807) is 0 Å². The molecule has 2 N–H and O–H groups in total. The van der Waals surface area contributed by atoms with Crippen molar-refractivity contribution in [3.63, 3.8) is 0 Å². The molecular weight excluding hydrogens is 392 g/mol. The summed E-state index contributed by atoms with van der Waals surface area (Å²) >= 11 is 1.90. The van der Waals surface area contributed by atoms with E-state index < -0.39 is 0 Å². The Morgan fingerprint density at radius 2 is 2.17 bits per heavy atom. The molecule has 0 amide bonds. The molecule has 1 spiro atoms. The van der Waals surface area contributed by atoms with Crippen LogP contribution in [0.3, 0.4) is 0 Å². The molecule has 3 atom stereocenters. The summed E-state index contributed by atoms with van der Waals surface area (Å²) in [5.74, 6) is 1.07. The lowest BCUT2D eigenvalue weighted by Gasteiger charge is -2.39. The van der Waals surface area contributed by atoms with Crippen LogP contribution in [0.4, 0.5) is 0 Å². The van der Waals surface area contributed by atoms with Gasteiger partial charge in [0.1, 0.15) is 5.82 Å². The molecule has 2 unspecified atom stereocenters. The molecule has 5 nitrogen and oxygen atoms in total. The molecule has 4 aliphatic rings. The smallest absolute Gasteiger partial charge is 0.125 e. The Morgan fingerprint density at radius 3 is 3.07 bits per heavy atom. The zero-order valence-electron chi connectivity index (χ0n) is 17.3. The van der Waals surface area contributed by atoms with Crippen molar-refractivity contribution in [2.45, 2.75) is 24.9 Å². The van der Waals surface area contributed by atoms with Gasteiger partial charge in [0.15, 0.2) is 0 Å². The van der Waals surface area contributed by atoms with E-state index in [0.29, 0.717) is 19.3 Å². The van der Waals surface area contributed by atoms with Crippen LogP contribution in [-0.2, 0) is 11.3 Å². The average molecular weight is 421 g/mol. The summed E-state index contributed by atoms with van der Waals surface area (Å²) in [6.07, 6.45) is 13.1. The lowest BCUT2D eigenvalue weighted by atomic mass is 9.78. The molecule has 1 aromatic carbocycles. The minimum Gasteiger partial charge on any atom is -0.378 e. The maximum atomic E-state index is 5.99. The molecule has 1 saturated heterocycles. The van der Waals surface area contributed by atoms with E-state index in [2.05, 4.69) is 77.2 Å². The molecular formula is C24H28N4OS. The number of ether oxygens (including phenoxy) is 1. The van der Waals surface area contributed by atoms with Crippen molar-refractivity contribution in [3.8, 4) is 0 Å². The van der Waals surface area contributed by atoms with E-state index in [1.807, 2.05) is 24.0 Å². The maximum absolute atomic E-state index is 5.99. The second-order valence-electron chi connectivity index (χ2n) is 8.19. The first-order chi connectivity index (χ1) is 14.7. The molecule has 5 rings (SSSR count). The van der Waals surface area contributed by atoms with Crippen molar-refractivity contribution in [1.29, 1.82) is 0 Å². The van der Waals surface area contributed by atoms with Gasteiger partial charge in [-0.2, -0.15) is 0 Å². The molecule has 0 aliphatic carbocycles. The zero-order chi connectivity index (χ0) is 20.4. The van der Waals surface area contributed by atoms with Crippen LogP contribution in [0.2, 0.25) is 0 Å². The second kappa shape index (κ2) is 8.46. The number of rotatable bonds is 5. The fraction of sp³-hybridized carbons (Fsp3) is 0.375. The highest BCUT2D eigenvalue weighted by Crippen LogP contribution is 2.51. The minimum absolute atomic E-state index is 0.139. The third kappa shape index (κ3) is 3.87. The van der Waals surface area contributed by atoms with Gasteiger partial charge >= 0.3 is 0 Å². The summed E-state index contributed by atoms with van der Waals surface area (Å²) in [4.78, 5) is 8.60. The number of thioether (sulfide) groups is 1. The van der Waals surface area contributed by atoms with Gasteiger partial charge in [0.25, 0.3) is 0 Å². The number of allylic oxidation sites excluding steroid dienone is 3. The van der Waals surface area contributed by atoms with Gasteiger partial charge in [-0.25, -0.2) is 4.99 Å². The summed E-state index contributed by atoms with van der Waals surface area (Å²) in [5.41, 5.74) is 2.32. The number of aliphatic imine (C=N–C) groups is 1. The van der Waals surface area contributed by atoms with Crippen molar-refractivity contribution in [1.82, 2.24) is 15.5 Å². The minimum atomic E-state index is -0.139. The Kier molecular flexibility index (Phi) is 5.54. The van der Waals surface area contributed by atoms with Gasteiger partial charge < -0.3 is 20.3 Å². The SMILES string of the molecule is CC1=CC23C=C(N4CCNC(COCc5ccccc5)C4)N=CC2=CC=CN[C@@H]3S1. The molecule has 4 aliphatic heterocycles. The zero-order valence-corrected chi connectivity index (χ0v) is 18.1. The van der Waals surface area contributed by atoms with Crippen LogP contribution in [-0.4, -0.2) is 48.8 Å². The molecule has 0 radical (unpaired) electrons. The Morgan fingerprint density at radius 1 is 1.27 bits per heavy atom. The Hall–Kier alpha value is -2.28. The van der Waals surface area contributed by atoms with Gasteiger partial charge in [-0.1, -0.05) is 42.5 Å². The van der Waals surface area contributed by atoms with E-state index in [4.69, 9.17) is 9.73 Å². The van der Waals surface area contributed by atoms with Crippen LogP contribution < -0.4 is 10.6 Å². The van der Waals surface area contributed by atoms with Crippen molar-refractivity contribution < 1.29 is 4.74 Å². The monoisotopic (exact) mass is 420 g/mol. The van der Waals surface area contributed by atoms with Gasteiger partial charge in [0.2, 0.25) is 0 Å². The van der Waals surface area contributed by atoms with Gasteiger partial charge in [-0.3, -0.25) is 0 Å². The largest absolute Gasteiger partial charge is 0.378 e. The van der Waals surface area contributed by atoms with Crippen LogP contribution in [0.5, 0.6) is 0 Å². The summed E-state index contributed by atoms with van der Waals surface area (Å²) in [6.45, 7) is 6.34. The number of piperazine rings is 1. The fourth-order valence-electron chi connectivity index (χ4n) is 4.53. The first-order valence-electron chi connectivity index (χ1n) is 10.6. The van der Waals surface area contributed by atoms with Crippen LogP contribution in [0.15, 0.2) is 82.1 Å². The molecule has 30 heavy (non-hydrogen) atoms. The average Bonchev–Trinajstić information content (AvgIpc) is 2.97. The predicted molar refractivity (Wildman–Crippen MR) is 124 cm³/mol. The molecule has 156 valence electrons. The molecule has 6 heteroatoms. The summed E-state index contributed by atoms with van der Waals surface area (Å²) in [7, 11) is 0. The Bertz CT molecular complexity index is 936. The predicted octanol–water partition coefficient (Wildman–Crippen LogP) is 3.41. The highest BCUT2D eigenvalue weighted by molar-refractivity contribution is 8.03. The van der Waals surface area contributed by atoms with Crippen molar-refractivity contribution in [2.75, 3.05) is 26.2 Å². The molecule has 0 aromatic heterocycles. The standard InChI is InChI=1S/C24H28N4OS/c1-18-12-24-13-22(27-14-20(24)8-5-9-26-23(24)30-18)28-11-10-25-21(15-28)17-29-16-19-6-3-2-4-7-19/h2-9,12-14,21,23,25-26H,10-11,15-17H2,1H3/t21?,23-,24?/m1/s1. The second-order valence-corrected chi connectivity index (χ2v) is 9.54. The van der Waals surface area contributed by atoms with E-state index in [9.17, 15) is 0 Å². The quantitative estimate of drug-likeness (QED) is 0.765. The normalized spacial score (nSPS) is 29.9. The van der Waals surface area contributed by atoms with Crippen molar-refractivity contribution >= 4 is 18.0 Å². The number of benzene rings is 1. The van der Waals surface area contributed by atoms with E-state index >= 15 is 0 Å². The van der Waals surface area contributed by atoms with Crippen LogP contribution in [0.25, 0.3) is 0 Å². The summed E-state index contributed by atoms with van der Waals surface area (Å²) in [6, 6.07) is 10.6. The van der Waals surface area contributed by atoms with Crippen LogP contribution in [0, 0.1) is 5.41 Å².